The molecule has 22 heavy (non-hydrogen) atoms. The predicted octanol–water partition coefficient (Wildman–Crippen LogP) is 3.93. The molecule has 2 rings (SSSR count). The van der Waals surface area contributed by atoms with Gasteiger partial charge in [0.25, 0.3) is 5.91 Å². The Hall–Kier alpha value is -1.55. The van der Waals surface area contributed by atoms with Crippen LogP contribution in [0.5, 0.6) is 5.75 Å². The van der Waals surface area contributed by atoms with Crippen molar-refractivity contribution < 1.29 is 14.3 Å². The average molecular weight is 305 g/mol. The number of anilines is 1. The summed E-state index contributed by atoms with van der Waals surface area (Å²) in [5.41, 5.74) is 1.09. The third-order valence-corrected chi connectivity index (χ3v) is 4.15. The summed E-state index contributed by atoms with van der Waals surface area (Å²) in [5, 5.41) is 3.00. The molecule has 1 aromatic rings. The van der Waals surface area contributed by atoms with Gasteiger partial charge in [0.05, 0.1) is 6.61 Å². The average Bonchev–Trinajstić information content (AvgIpc) is 3.32. The van der Waals surface area contributed by atoms with Crippen LogP contribution in [0.2, 0.25) is 0 Å². The molecule has 1 aliphatic rings. The van der Waals surface area contributed by atoms with Crippen LogP contribution in [0, 0.1) is 12.8 Å². The van der Waals surface area contributed by atoms with Crippen LogP contribution in [0.4, 0.5) is 5.69 Å². The summed E-state index contributed by atoms with van der Waals surface area (Å²) in [5.74, 6) is 1.14. The highest BCUT2D eigenvalue weighted by molar-refractivity contribution is 5.97. The van der Waals surface area contributed by atoms with E-state index in [1.165, 1.54) is 0 Å². The summed E-state index contributed by atoms with van der Waals surface area (Å²) in [6.45, 7) is 9.16. The third kappa shape index (κ3) is 3.80. The largest absolute Gasteiger partial charge is 0.494 e. The monoisotopic (exact) mass is 305 g/mol. The fourth-order valence-electron chi connectivity index (χ4n) is 2.62. The number of benzene rings is 1. The molecular formula is C18H27NO3. The van der Waals surface area contributed by atoms with E-state index in [1.54, 1.807) is 0 Å². The molecule has 0 aromatic heterocycles. The Labute approximate surface area is 133 Å². The maximum atomic E-state index is 12.7. The van der Waals surface area contributed by atoms with Crippen LogP contribution < -0.4 is 10.1 Å². The number of aryl methyl sites for hydroxylation is 1. The Balaban J connectivity index is 2.08. The molecule has 0 bridgehead atoms. The topological polar surface area (TPSA) is 47.6 Å². The minimum Gasteiger partial charge on any atom is -0.494 e. The molecule has 1 aliphatic carbocycles. The summed E-state index contributed by atoms with van der Waals surface area (Å²) in [6.07, 6.45) is 3.05. The first-order valence-electron chi connectivity index (χ1n) is 8.20. The molecule has 122 valence electrons. The van der Waals surface area contributed by atoms with E-state index in [9.17, 15) is 4.79 Å². The lowest BCUT2D eigenvalue weighted by Crippen LogP contribution is -2.45. The van der Waals surface area contributed by atoms with Crippen LogP contribution in [0.3, 0.4) is 0 Å². The van der Waals surface area contributed by atoms with Gasteiger partial charge in [-0.05, 0) is 69.7 Å². The van der Waals surface area contributed by atoms with Crippen molar-refractivity contribution in [3.63, 3.8) is 0 Å². The summed E-state index contributed by atoms with van der Waals surface area (Å²) in [4.78, 5) is 12.7. The molecule has 0 saturated heterocycles. The van der Waals surface area contributed by atoms with Gasteiger partial charge in [-0.2, -0.15) is 0 Å². The van der Waals surface area contributed by atoms with Gasteiger partial charge in [0.2, 0.25) is 0 Å². The maximum absolute atomic E-state index is 12.7. The zero-order chi connectivity index (χ0) is 16.2. The van der Waals surface area contributed by atoms with Gasteiger partial charge >= 0.3 is 0 Å². The fourth-order valence-corrected chi connectivity index (χ4v) is 2.62. The number of hydrogen-bond acceptors (Lipinski definition) is 3. The number of hydrogen-bond donors (Lipinski definition) is 1. The third-order valence-electron chi connectivity index (χ3n) is 4.15. The first kappa shape index (κ1) is 16.8. The van der Waals surface area contributed by atoms with E-state index in [4.69, 9.17) is 9.47 Å². The number of carbonyl (C=O) groups is 1. The van der Waals surface area contributed by atoms with Gasteiger partial charge in [0.1, 0.15) is 11.4 Å². The number of rotatable bonds is 8. The SMILES string of the molecule is CCCO[C@@](C)(C(=O)Nc1ccc(OCC)c(C)c1)C1CC1. The van der Waals surface area contributed by atoms with E-state index in [1.807, 2.05) is 39.0 Å². The van der Waals surface area contributed by atoms with Gasteiger partial charge in [0.15, 0.2) is 0 Å². The quantitative estimate of drug-likeness (QED) is 0.791. The summed E-state index contributed by atoms with van der Waals surface area (Å²) in [6, 6.07) is 5.72. The lowest BCUT2D eigenvalue weighted by Gasteiger charge is -2.28. The van der Waals surface area contributed by atoms with Gasteiger partial charge in [-0.25, -0.2) is 0 Å². The van der Waals surface area contributed by atoms with Gasteiger partial charge in [-0.3, -0.25) is 4.79 Å². The summed E-state index contributed by atoms with van der Waals surface area (Å²) < 4.78 is 11.4. The van der Waals surface area contributed by atoms with Crippen molar-refractivity contribution in [2.24, 2.45) is 5.92 Å². The van der Waals surface area contributed by atoms with Crippen LogP contribution in [0.25, 0.3) is 0 Å². The second kappa shape index (κ2) is 7.14. The smallest absolute Gasteiger partial charge is 0.256 e. The number of amides is 1. The van der Waals surface area contributed by atoms with Crippen LogP contribution >= 0.6 is 0 Å². The normalized spacial score (nSPS) is 16.9. The second-order valence-electron chi connectivity index (χ2n) is 6.10. The fraction of sp³-hybridized carbons (Fsp3) is 0.611. The van der Waals surface area contributed by atoms with E-state index < -0.39 is 5.60 Å². The molecule has 1 atom stereocenters. The highest BCUT2D eigenvalue weighted by atomic mass is 16.5. The van der Waals surface area contributed by atoms with Gasteiger partial charge in [0, 0.05) is 12.3 Å². The van der Waals surface area contributed by atoms with Gasteiger partial charge in [-0.1, -0.05) is 6.92 Å². The molecule has 0 heterocycles. The number of ether oxygens (including phenoxy) is 2. The minimum absolute atomic E-state index is 0.0491. The zero-order valence-corrected chi connectivity index (χ0v) is 14.1. The highest BCUT2D eigenvalue weighted by Gasteiger charge is 2.48. The number of nitrogens with one attached hydrogen (secondary N) is 1. The molecule has 4 nitrogen and oxygen atoms in total. The van der Waals surface area contributed by atoms with E-state index in [0.717, 1.165) is 36.3 Å². The summed E-state index contributed by atoms with van der Waals surface area (Å²) in [7, 11) is 0. The Kier molecular flexibility index (Phi) is 5.46. The Morgan fingerprint density at radius 1 is 1.36 bits per heavy atom. The van der Waals surface area contributed by atoms with Crippen LogP contribution in [-0.2, 0) is 9.53 Å². The Bertz CT molecular complexity index is 525. The maximum Gasteiger partial charge on any atom is 0.256 e. The van der Waals surface area contributed by atoms with Gasteiger partial charge in [-0.15, -0.1) is 0 Å². The molecular weight excluding hydrogens is 278 g/mol. The molecule has 0 aliphatic heterocycles. The lowest BCUT2D eigenvalue weighted by molar-refractivity contribution is -0.142. The highest BCUT2D eigenvalue weighted by Crippen LogP contribution is 2.42. The Morgan fingerprint density at radius 2 is 2.09 bits per heavy atom. The van der Waals surface area contributed by atoms with Crippen molar-refractivity contribution in [3.8, 4) is 5.75 Å². The van der Waals surface area contributed by atoms with Crippen LogP contribution in [0.1, 0.15) is 45.6 Å². The van der Waals surface area contributed by atoms with Crippen molar-refractivity contribution >= 4 is 11.6 Å². The molecule has 1 fully saturated rings. The van der Waals surface area contributed by atoms with E-state index in [2.05, 4.69) is 12.2 Å². The van der Waals surface area contributed by atoms with Crippen LogP contribution in [0.15, 0.2) is 18.2 Å². The molecule has 1 aromatic carbocycles. The Morgan fingerprint density at radius 3 is 2.64 bits per heavy atom. The van der Waals surface area contributed by atoms with Crippen LogP contribution in [-0.4, -0.2) is 24.7 Å². The predicted molar refractivity (Wildman–Crippen MR) is 88.3 cm³/mol. The van der Waals surface area contributed by atoms with Crippen molar-refractivity contribution in [2.45, 2.75) is 52.6 Å². The zero-order valence-electron chi connectivity index (χ0n) is 14.1. The first-order chi connectivity index (χ1) is 10.5. The van der Waals surface area contributed by atoms with Crippen molar-refractivity contribution in [1.29, 1.82) is 0 Å². The van der Waals surface area contributed by atoms with Crippen molar-refractivity contribution in [2.75, 3.05) is 18.5 Å². The van der Waals surface area contributed by atoms with E-state index >= 15 is 0 Å². The lowest BCUT2D eigenvalue weighted by atomic mass is 9.98. The summed E-state index contributed by atoms with van der Waals surface area (Å²) >= 11 is 0. The molecule has 0 radical (unpaired) electrons. The van der Waals surface area contributed by atoms with E-state index in [0.29, 0.717) is 19.1 Å². The standard InChI is InChI=1S/C18H27NO3/c1-5-11-22-18(4,14-7-8-14)17(20)19-15-9-10-16(21-6-2)13(3)12-15/h9-10,12,14H,5-8,11H2,1-4H3,(H,19,20)/t18-/m1/s1. The van der Waals surface area contributed by atoms with Gasteiger partial charge < -0.3 is 14.8 Å². The number of carbonyl (C=O) groups excluding carboxylic acids is 1. The molecule has 1 amide bonds. The molecule has 0 spiro atoms. The van der Waals surface area contributed by atoms with Crippen molar-refractivity contribution in [3.05, 3.63) is 23.8 Å². The molecule has 1 saturated carbocycles. The second-order valence-corrected chi connectivity index (χ2v) is 6.10. The van der Waals surface area contributed by atoms with Crippen molar-refractivity contribution in [1.82, 2.24) is 0 Å². The minimum atomic E-state index is -0.720. The molecule has 1 N–H and O–H groups in total. The molecule has 4 heteroatoms. The first-order valence-corrected chi connectivity index (χ1v) is 8.20. The molecule has 0 unspecified atom stereocenters. The van der Waals surface area contributed by atoms with E-state index in [-0.39, 0.29) is 5.91 Å².